The van der Waals surface area contributed by atoms with Crippen LogP contribution in [0.15, 0.2) is 82.4 Å². The lowest BCUT2D eigenvalue weighted by molar-refractivity contribution is 0.415. The average molecular weight is 506 g/mol. The second-order valence-corrected chi connectivity index (χ2v) is 8.90. The molecule has 0 fully saturated rings. The molecule has 1 N–H and O–H groups in total. The molecule has 0 saturated carbocycles. The molecule has 0 aliphatic carbocycles. The Labute approximate surface area is 213 Å². The van der Waals surface area contributed by atoms with E-state index in [1.165, 1.54) is 17.7 Å². The molecule has 0 radical (unpaired) electrons. The largest absolute Gasteiger partial charge is 0.497 e. The molecule has 0 aliphatic rings. The summed E-state index contributed by atoms with van der Waals surface area (Å²) in [6.45, 7) is 3.91. The summed E-state index contributed by atoms with van der Waals surface area (Å²) < 4.78 is 36.8. The van der Waals surface area contributed by atoms with Crippen molar-refractivity contribution in [2.45, 2.75) is 33.0 Å². The fourth-order valence-electron chi connectivity index (χ4n) is 4.41. The first-order chi connectivity index (χ1) is 17.8. The van der Waals surface area contributed by atoms with E-state index in [4.69, 9.17) is 4.74 Å². The van der Waals surface area contributed by atoms with Gasteiger partial charge in [0.15, 0.2) is 0 Å². The minimum atomic E-state index is -0.760. The SMILES string of the molecule is COc1cccc(-c2c(C)n(Cc3c(F)cccc3F)c(=O)n([C@@H](C)CNCc3ccccc3)c2=O)c1. The third kappa shape index (κ3) is 5.54. The van der Waals surface area contributed by atoms with Crippen LogP contribution >= 0.6 is 0 Å². The Bertz CT molecular complexity index is 1490. The van der Waals surface area contributed by atoms with Crippen LogP contribution in [0.3, 0.4) is 0 Å². The summed E-state index contributed by atoms with van der Waals surface area (Å²) >= 11 is 0. The standard InChI is InChI=1S/C29H29F2N3O3/c1-19(16-32-17-21-9-5-4-6-10-21)34-28(35)27(22-11-7-12-23(15-22)37-3)20(2)33(29(34)36)18-24-25(30)13-8-14-26(24)31/h4-15,19,32H,16-18H2,1-3H3/t19-/m0/s1. The second-order valence-electron chi connectivity index (χ2n) is 8.90. The Morgan fingerprint density at radius 1 is 0.946 bits per heavy atom. The van der Waals surface area contributed by atoms with Gasteiger partial charge in [-0.3, -0.25) is 13.9 Å². The maximum atomic E-state index is 14.5. The van der Waals surface area contributed by atoms with Gasteiger partial charge in [-0.15, -0.1) is 0 Å². The van der Waals surface area contributed by atoms with Crippen molar-refractivity contribution in [2.75, 3.05) is 13.7 Å². The fourth-order valence-corrected chi connectivity index (χ4v) is 4.41. The van der Waals surface area contributed by atoms with E-state index in [2.05, 4.69) is 5.32 Å². The van der Waals surface area contributed by atoms with Crippen LogP contribution in [-0.4, -0.2) is 22.8 Å². The summed E-state index contributed by atoms with van der Waals surface area (Å²) in [5, 5.41) is 3.29. The van der Waals surface area contributed by atoms with Crippen molar-refractivity contribution >= 4 is 0 Å². The number of hydrogen-bond acceptors (Lipinski definition) is 4. The number of rotatable bonds is 9. The van der Waals surface area contributed by atoms with Gasteiger partial charge >= 0.3 is 5.69 Å². The van der Waals surface area contributed by atoms with Crippen LogP contribution in [0.25, 0.3) is 11.1 Å². The highest BCUT2D eigenvalue weighted by molar-refractivity contribution is 5.66. The Morgan fingerprint density at radius 2 is 1.62 bits per heavy atom. The molecule has 0 spiro atoms. The van der Waals surface area contributed by atoms with E-state index >= 15 is 0 Å². The first-order valence-corrected chi connectivity index (χ1v) is 12.0. The molecule has 0 amide bonds. The molecular weight excluding hydrogens is 476 g/mol. The first-order valence-electron chi connectivity index (χ1n) is 12.0. The van der Waals surface area contributed by atoms with Gasteiger partial charge in [-0.05, 0) is 49.2 Å². The maximum absolute atomic E-state index is 14.5. The zero-order valence-electron chi connectivity index (χ0n) is 21.0. The molecule has 4 aromatic rings. The zero-order valence-corrected chi connectivity index (χ0v) is 21.0. The quantitative estimate of drug-likeness (QED) is 0.359. The van der Waals surface area contributed by atoms with Gasteiger partial charge in [-0.25, -0.2) is 13.6 Å². The minimum absolute atomic E-state index is 0.246. The van der Waals surface area contributed by atoms with Crippen LogP contribution < -0.4 is 21.3 Å². The number of nitrogens with zero attached hydrogens (tertiary/aromatic N) is 2. The summed E-state index contributed by atoms with van der Waals surface area (Å²) in [4.78, 5) is 27.4. The molecule has 192 valence electrons. The smallest absolute Gasteiger partial charge is 0.331 e. The molecular formula is C29H29F2N3O3. The third-order valence-corrected chi connectivity index (χ3v) is 6.43. The van der Waals surface area contributed by atoms with Crippen molar-refractivity contribution in [1.29, 1.82) is 0 Å². The predicted molar refractivity (Wildman–Crippen MR) is 140 cm³/mol. The van der Waals surface area contributed by atoms with Crippen molar-refractivity contribution in [1.82, 2.24) is 14.5 Å². The molecule has 0 unspecified atom stereocenters. The summed E-state index contributed by atoms with van der Waals surface area (Å²) in [5.41, 5.74) is 0.834. The molecule has 1 atom stereocenters. The third-order valence-electron chi connectivity index (χ3n) is 6.43. The summed E-state index contributed by atoms with van der Waals surface area (Å²) in [6, 6.07) is 19.7. The van der Waals surface area contributed by atoms with Gasteiger partial charge in [0.1, 0.15) is 17.4 Å². The lowest BCUT2D eigenvalue weighted by Crippen LogP contribution is -2.45. The zero-order chi connectivity index (χ0) is 26.5. The topological polar surface area (TPSA) is 65.3 Å². The van der Waals surface area contributed by atoms with Crippen LogP contribution in [0.5, 0.6) is 5.75 Å². The highest BCUT2D eigenvalue weighted by Gasteiger charge is 2.23. The molecule has 4 rings (SSSR count). The molecule has 1 heterocycles. The van der Waals surface area contributed by atoms with E-state index in [9.17, 15) is 18.4 Å². The normalized spacial score (nSPS) is 11.9. The van der Waals surface area contributed by atoms with Crippen molar-refractivity contribution in [3.8, 4) is 16.9 Å². The van der Waals surface area contributed by atoms with E-state index in [0.717, 1.165) is 22.3 Å². The van der Waals surface area contributed by atoms with Crippen LogP contribution in [0.4, 0.5) is 8.78 Å². The van der Waals surface area contributed by atoms with Gasteiger partial charge in [-0.2, -0.15) is 0 Å². The van der Waals surface area contributed by atoms with Gasteiger partial charge in [0.2, 0.25) is 0 Å². The number of methoxy groups -OCH3 is 1. The van der Waals surface area contributed by atoms with Crippen LogP contribution in [0, 0.1) is 18.6 Å². The molecule has 1 aromatic heterocycles. The lowest BCUT2D eigenvalue weighted by atomic mass is 10.0. The summed E-state index contributed by atoms with van der Waals surface area (Å²) in [7, 11) is 1.52. The molecule has 0 saturated heterocycles. The number of aromatic nitrogens is 2. The van der Waals surface area contributed by atoms with Crippen molar-refractivity contribution in [3.63, 3.8) is 0 Å². The molecule has 6 nitrogen and oxygen atoms in total. The molecule has 8 heteroatoms. The van der Waals surface area contributed by atoms with Gasteiger partial charge in [0, 0.05) is 24.3 Å². The molecule has 0 aliphatic heterocycles. The fraction of sp³-hybridized carbons (Fsp3) is 0.241. The first kappa shape index (κ1) is 26.0. The summed E-state index contributed by atoms with van der Waals surface area (Å²) in [6.07, 6.45) is 0. The Balaban J connectivity index is 1.82. The second kappa shape index (κ2) is 11.3. The van der Waals surface area contributed by atoms with E-state index in [1.54, 1.807) is 38.1 Å². The van der Waals surface area contributed by atoms with Gasteiger partial charge < -0.3 is 10.1 Å². The minimum Gasteiger partial charge on any atom is -0.497 e. The van der Waals surface area contributed by atoms with Gasteiger partial charge in [0.05, 0.1) is 25.3 Å². The van der Waals surface area contributed by atoms with Crippen molar-refractivity contribution in [2.24, 2.45) is 0 Å². The summed E-state index contributed by atoms with van der Waals surface area (Å²) in [5.74, 6) is -0.979. The Hall–Kier alpha value is -4.04. The van der Waals surface area contributed by atoms with Crippen LogP contribution in [0.2, 0.25) is 0 Å². The highest BCUT2D eigenvalue weighted by atomic mass is 19.1. The van der Waals surface area contributed by atoms with Crippen LogP contribution in [0.1, 0.15) is 29.8 Å². The lowest BCUT2D eigenvalue weighted by Gasteiger charge is -2.22. The van der Waals surface area contributed by atoms with E-state index in [0.29, 0.717) is 30.1 Å². The maximum Gasteiger partial charge on any atom is 0.331 e. The van der Waals surface area contributed by atoms with Crippen molar-refractivity contribution < 1.29 is 13.5 Å². The Morgan fingerprint density at radius 3 is 2.30 bits per heavy atom. The van der Waals surface area contributed by atoms with Gasteiger partial charge in [-0.1, -0.05) is 48.5 Å². The van der Waals surface area contributed by atoms with Crippen LogP contribution in [-0.2, 0) is 13.1 Å². The number of halogens is 2. The number of hydrogen-bond donors (Lipinski definition) is 1. The Kier molecular flexibility index (Phi) is 7.98. The highest BCUT2D eigenvalue weighted by Crippen LogP contribution is 2.24. The number of benzene rings is 3. The van der Waals surface area contributed by atoms with E-state index < -0.39 is 28.9 Å². The predicted octanol–water partition coefficient (Wildman–Crippen LogP) is 4.67. The molecule has 37 heavy (non-hydrogen) atoms. The van der Waals surface area contributed by atoms with E-state index in [1.807, 2.05) is 30.3 Å². The monoisotopic (exact) mass is 505 g/mol. The van der Waals surface area contributed by atoms with Gasteiger partial charge in [0.25, 0.3) is 5.56 Å². The molecule has 3 aromatic carbocycles. The number of ether oxygens (including phenoxy) is 1. The molecule has 0 bridgehead atoms. The average Bonchev–Trinajstić information content (AvgIpc) is 2.89. The number of nitrogens with one attached hydrogen (secondary N) is 1. The van der Waals surface area contributed by atoms with E-state index in [-0.39, 0.29) is 17.7 Å². The van der Waals surface area contributed by atoms with Crippen molar-refractivity contribution in [3.05, 3.63) is 122 Å².